The van der Waals surface area contributed by atoms with Crippen molar-refractivity contribution in [1.29, 1.82) is 0 Å². The summed E-state index contributed by atoms with van der Waals surface area (Å²) in [6, 6.07) is 7.34. The Morgan fingerprint density at radius 2 is 1.95 bits per heavy atom. The van der Waals surface area contributed by atoms with Crippen LogP contribution in [0, 0.1) is 5.92 Å². The molecule has 0 spiro atoms. The fourth-order valence-electron chi connectivity index (χ4n) is 3.16. The molecule has 0 radical (unpaired) electrons. The molecular formula is C16H26N2O2S. The molecule has 0 amide bonds. The number of rotatable bonds is 7. The third kappa shape index (κ3) is 3.98. The molecule has 0 heterocycles. The molecule has 5 heteroatoms. The van der Waals surface area contributed by atoms with Gasteiger partial charge in [0, 0.05) is 12.6 Å². The lowest BCUT2D eigenvalue weighted by Gasteiger charge is -2.25. The quantitative estimate of drug-likeness (QED) is 0.812. The van der Waals surface area contributed by atoms with Gasteiger partial charge in [0.05, 0.1) is 16.3 Å². The van der Waals surface area contributed by atoms with Gasteiger partial charge in [0.25, 0.3) is 0 Å². The van der Waals surface area contributed by atoms with Crippen molar-refractivity contribution in [3.63, 3.8) is 0 Å². The van der Waals surface area contributed by atoms with Crippen LogP contribution in [-0.4, -0.2) is 26.8 Å². The van der Waals surface area contributed by atoms with Gasteiger partial charge in [0.1, 0.15) is 0 Å². The van der Waals surface area contributed by atoms with Gasteiger partial charge in [-0.05, 0) is 37.3 Å². The van der Waals surface area contributed by atoms with Gasteiger partial charge in [-0.3, -0.25) is 0 Å². The minimum absolute atomic E-state index is 0.158. The van der Waals surface area contributed by atoms with E-state index in [-0.39, 0.29) is 11.8 Å². The van der Waals surface area contributed by atoms with E-state index < -0.39 is 9.84 Å². The maximum Gasteiger partial charge on any atom is 0.180 e. The number of nitrogens with two attached hydrogens (primary N) is 1. The molecule has 1 atom stereocenters. The fraction of sp³-hybridized carbons (Fsp3) is 0.625. The molecule has 1 aromatic rings. The number of sulfone groups is 1. The van der Waals surface area contributed by atoms with Gasteiger partial charge < -0.3 is 11.1 Å². The van der Waals surface area contributed by atoms with E-state index in [9.17, 15) is 8.42 Å². The zero-order chi connectivity index (χ0) is 15.3. The molecule has 3 N–H and O–H groups in total. The summed E-state index contributed by atoms with van der Waals surface area (Å²) < 4.78 is 24.7. The van der Waals surface area contributed by atoms with Crippen LogP contribution in [0.1, 0.15) is 39.0 Å². The van der Waals surface area contributed by atoms with Crippen LogP contribution in [0.15, 0.2) is 29.2 Å². The molecule has 0 aromatic heterocycles. The van der Waals surface area contributed by atoms with Gasteiger partial charge in [-0.25, -0.2) is 8.42 Å². The Hall–Kier alpha value is -1.07. The molecule has 0 bridgehead atoms. The van der Waals surface area contributed by atoms with Crippen molar-refractivity contribution >= 4 is 15.5 Å². The first-order chi connectivity index (χ1) is 10.1. The third-order valence-electron chi connectivity index (χ3n) is 4.26. The second-order valence-corrected chi connectivity index (χ2v) is 7.92. The Morgan fingerprint density at radius 3 is 2.57 bits per heavy atom. The van der Waals surface area contributed by atoms with E-state index in [1.54, 1.807) is 12.1 Å². The van der Waals surface area contributed by atoms with Gasteiger partial charge in [-0.15, -0.1) is 0 Å². The Balaban J connectivity index is 2.23. The highest BCUT2D eigenvalue weighted by atomic mass is 32.2. The van der Waals surface area contributed by atoms with Crippen molar-refractivity contribution < 1.29 is 8.42 Å². The Labute approximate surface area is 128 Å². The predicted octanol–water partition coefficient (Wildman–Crippen LogP) is 2.80. The zero-order valence-electron chi connectivity index (χ0n) is 12.7. The van der Waals surface area contributed by atoms with Crippen LogP contribution in [-0.2, 0) is 9.84 Å². The van der Waals surface area contributed by atoms with Crippen LogP contribution < -0.4 is 11.1 Å². The molecular weight excluding hydrogens is 284 g/mol. The first-order valence-electron chi connectivity index (χ1n) is 7.87. The molecule has 2 rings (SSSR count). The maximum absolute atomic E-state index is 12.4. The van der Waals surface area contributed by atoms with Gasteiger partial charge >= 0.3 is 0 Å². The molecule has 1 fully saturated rings. The summed E-state index contributed by atoms with van der Waals surface area (Å²) >= 11 is 0. The molecule has 21 heavy (non-hydrogen) atoms. The van der Waals surface area contributed by atoms with Crippen LogP contribution in [0.4, 0.5) is 5.69 Å². The number of hydrogen-bond donors (Lipinski definition) is 2. The standard InChI is InChI=1S/C16H26N2O2S/c1-2-11-21(19,20)16-10-6-5-9-14(16)18-15(12-17)13-7-3-4-8-13/h5-6,9-10,13,15,18H,2-4,7-8,11-12,17H2,1H3. The van der Waals surface area contributed by atoms with E-state index in [0.29, 0.717) is 29.5 Å². The summed E-state index contributed by atoms with van der Waals surface area (Å²) in [5.74, 6) is 0.736. The highest BCUT2D eigenvalue weighted by Crippen LogP contribution is 2.31. The molecule has 1 aromatic carbocycles. The molecule has 1 aliphatic rings. The summed E-state index contributed by atoms with van der Waals surface area (Å²) in [4.78, 5) is 0.406. The number of benzene rings is 1. The van der Waals surface area contributed by atoms with Crippen LogP contribution in [0.5, 0.6) is 0 Å². The van der Waals surface area contributed by atoms with E-state index in [4.69, 9.17) is 5.73 Å². The second-order valence-electron chi connectivity index (χ2n) is 5.85. The summed E-state index contributed by atoms with van der Waals surface area (Å²) in [7, 11) is -3.22. The van der Waals surface area contributed by atoms with E-state index >= 15 is 0 Å². The van der Waals surface area contributed by atoms with Gasteiger partial charge in [-0.1, -0.05) is 31.9 Å². The number of nitrogens with one attached hydrogen (secondary N) is 1. The number of para-hydroxylation sites is 1. The van der Waals surface area contributed by atoms with Gasteiger partial charge in [0.2, 0.25) is 0 Å². The number of hydrogen-bond acceptors (Lipinski definition) is 4. The lowest BCUT2D eigenvalue weighted by atomic mass is 9.98. The normalized spacial score (nSPS) is 17.8. The lowest BCUT2D eigenvalue weighted by Crippen LogP contribution is -2.35. The first kappa shape index (κ1) is 16.3. The predicted molar refractivity (Wildman–Crippen MR) is 87.2 cm³/mol. The van der Waals surface area contributed by atoms with E-state index in [2.05, 4.69) is 5.32 Å². The molecule has 4 nitrogen and oxygen atoms in total. The molecule has 1 unspecified atom stereocenters. The zero-order valence-corrected chi connectivity index (χ0v) is 13.5. The minimum Gasteiger partial charge on any atom is -0.380 e. The van der Waals surface area contributed by atoms with Crippen LogP contribution in [0.2, 0.25) is 0 Å². The van der Waals surface area contributed by atoms with Crippen LogP contribution in [0.25, 0.3) is 0 Å². The minimum atomic E-state index is -3.22. The van der Waals surface area contributed by atoms with Crippen molar-refractivity contribution in [2.24, 2.45) is 11.7 Å². The van der Waals surface area contributed by atoms with E-state index in [1.165, 1.54) is 25.7 Å². The van der Waals surface area contributed by atoms with Crippen molar-refractivity contribution in [2.75, 3.05) is 17.6 Å². The highest BCUT2D eigenvalue weighted by Gasteiger charge is 2.26. The average molecular weight is 310 g/mol. The average Bonchev–Trinajstić information content (AvgIpc) is 2.99. The summed E-state index contributed by atoms with van der Waals surface area (Å²) in [5.41, 5.74) is 6.61. The smallest absolute Gasteiger partial charge is 0.180 e. The van der Waals surface area contributed by atoms with Gasteiger partial charge in [0.15, 0.2) is 9.84 Å². The second kappa shape index (κ2) is 7.27. The van der Waals surface area contributed by atoms with Crippen molar-refractivity contribution in [3.8, 4) is 0 Å². The molecule has 1 saturated carbocycles. The Bertz CT molecular complexity index is 551. The monoisotopic (exact) mass is 310 g/mol. The molecule has 118 valence electrons. The van der Waals surface area contributed by atoms with Gasteiger partial charge in [-0.2, -0.15) is 0 Å². The SMILES string of the molecule is CCCS(=O)(=O)c1ccccc1NC(CN)C1CCCC1. The van der Waals surface area contributed by atoms with Crippen molar-refractivity contribution in [3.05, 3.63) is 24.3 Å². The number of anilines is 1. The van der Waals surface area contributed by atoms with Crippen molar-refractivity contribution in [1.82, 2.24) is 0 Å². The Kier molecular flexibility index (Phi) is 5.65. The van der Waals surface area contributed by atoms with E-state index in [1.807, 2.05) is 19.1 Å². The highest BCUT2D eigenvalue weighted by molar-refractivity contribution is 7.91. The molecule has 1 aliphatic carbocycles. The topological polar surface area (TPSA) is 72.2 Å². The molecule has 0 aliphatic heterocycles. The first-order valence-corrected chi connectivity index (χ1v) is 9.52. The fourth-order valence-corrected chi connectivity index (χ4v) is 4.67. The maximum atomic E-state index is 12.4. The van der Waals surface area contributed by atoms with Crippen molar-refractivity contribution in [2.45, 2.75) is 50.0 Å². The molecule has 0 saturated heterocycles. The van der Waals surface area contributed by atoms with Crippen LogP contribution in [0.3, 0.4) is 0 Å². The summed E-state index contributed by atoms with van der Waals surface area (Å²) in [6.45, 7) is 2.42. The lowest BCUT2D eigenvalue weighted by molar-refractivity contribution is 0.461. The Morgan fingerprint density at radius 1 is 1.29 bits per heavy atom. The van der Waals surface area contributed by atoms with E-state index in [0.717, 1.165) is 0 Å². The summed E-state index contributed by atoms with van der Waals surface area (Å²) in [6.07, 6.45) is 5.48. The largest absolute Gasteiger partial charge is 0.380 e. The third-order valence-corrected chi connectivity index (χ3v) is 6.23. The summed E-state index contributed by atoms with van der Waals surface area (Å²) in [5, 5.41) is 3.40. The van der Waals surface area contributed by atoms with Crippen LogP contribution >= 0.6 is 0 Å².